The molecule has 0 radical (unpaired) electrons. The molecular weight excluding hydrogens is 399 g/mol. The molecular formula is C21H22F3N3OS. The van der Waals surface area contributed by atoms with Gasteiger partial charge in [-0.1, -0.05) is 18.2 Å². The second kappa shape index (κ2) is 8.28. The van der Waals surface area contributed by atoms with Crippen LogP contribution in [-0.2, 0) is 17.4 Å². The van der Waals surface area contributed by atoms with E-state index in [2.05, 4.69) is 16.3 Å². The average molecular weight is 421 g/mol. The number of nitrogens with one attached hydrogen (secondary N) is 1. The van der Waals surface area contributed by atoms with Crippen LogP contribution in [0.4, 0.5) is 24.5 Å². The molecule has 4 nitrogen and oxygen atoms in total. The zero-order valence-electron chi connectivity index (χ0n) is 15.8. The van der Waals surface area contributed by atoms with Crippen LogP contribution in [0.2, 0.25) is 0 Å². The van der Waals surface area contributed by atoms with Crippen LogP contribution in [0.15, 0.2) is 47.4 Å². The molecule has 0 unspecified atom stereocenters. The van der Waals surface area contributed by atoms with E-state index in [1.165, 1.54) is 17.7 Å². The number of piperazine rings is 1. The Bertz CT molecular complexity index is 895. The number of amides is 1. The maximum atomic E-state index is 12.9. The number of benzene rings is 2. The molecule has 154 valence electrons. The normalized spacial score (nSPS) is 17.8. The minimum atomic E-state index is -4.32. The molecule has 2 aromatic rings. The Balaban J connectivity index is 1.33. The van der Waals surface area contributed by atoms with Gasteiger partial charge in [0.25, 0.3) is 0 Å². The molecule has 1 saturated heterocycles. The number of thioether (sulfide) groups is 1. The Morgan fingerprint density at radius 3 is 2.55 bits per heavy atom. The molecule has 2 heterocycles. The van der Waals surface area contributed by atoms with Gasteiger partial charge in [-0.15, -0.1) is 11.8 Å². The minimum absolute atomic E-state index is 0.0327. The molecule has 2 aliphatic heterocycles. The van der Waals surface area contributed by atoms with Gasteiger partial charge in [-0.05, 0) is 36.2 Å². The minimum Gasteiger partial charge on any atom is -0.369 e. The highest BCUT2D eigenvalue weighted by atomic mass is 32.2. The first-order valence-electron chi connectivity index (χ1n) is 9.59. The summed E-state index contributed by atoms with van der Waals surface area (Å²) >= 11 is 1.58. The van der Waals surface area contributed by atoms with Crippen molar-refractivity contribution < 1.29 is 18.0 Å². The number of hydrogen-bond donors (Lipinski definition) is 1. The highest BCUT2D eigenvalue weighted by molar-refractivity contribution is 8.00. The summed E-state index contributed by atoms with van der Waals surface area (Å²) in [5.41, 5.74) is 2.14. The Kier molecular flexibility index (Phi) is 5.74. The number of carbonyl (C=O) groups is 1. The average Bonchev–Trinajstić information content (AvgIpc) is 2.72. The molecule has 4 rings (SSSR count). The molecule has 0 spiro atoms. The fraction of sp³-hybridized carbons (Fsp3) is 0.381. The Hall–Kier alpha value is -2.19. The predicted molar refractivity (Wildman–Crippen MR) is 110 cm³/mol. The van der Waals surface area contributed by atoms with Crippen LogP contribution in [0, 0.1) is 0 Å². The molecule has 0 aromatic heterocycles. The number of carbonyl (C=O) groups excluding carboxylic acids is 1. The lowest BCUT2D eigenvalue weighted by Gasteiger charge is -2.36. The van der Waals surface area contributed by atoms with E-state index in [-0.39, 0.29) is 5.91 Å². The Labute approximate surface area is 172 Å². The molecule has 1 amide bonds. The molecule has 2 aliphatic rings. The number of halogens is 3. The Morgan fingerprint density at radius 2 is 1.79 bits per heavy atom. The monoisotopic (exact) mass is 421 g/mol. The quantitative estimate of drug-likeness (QED) is 0.806. The first kappa shape index (κ1) is 20.1. The summed E-state index contributed by atoms with van der Waals surface area (Å²) in [6, 6.07) is 11.6. The van der Waals surface area contributed by atoms with Gasteiger partial charge >= 0.3 is 6.18 Å². The molecule has 2 aromatic carbocycles. The fourth-order valence-corrected chi connectivity index (χ4v) is 4.74. The highest BCUT2D eigenvalue weighted by Gasteiger charge is 2.31. The van der Waals surface area contributed by atoms with Crippen molar-refractivity contribution in [3.05, 3.63) is 53.6 Å². The molecule has 8 heteroatoms. The summed E-state index contributed by atoms with van der Waals surface area (Å²) in [6.07, 6.45) is -3.43. The van der Waals surface area contributed by atoms with E-state index in [9.17, 15) is 18.0 Å². The van der Waals surface area contributed by atoms with Crippen LogP contribution < -0.4 is 10.2 Å². The van der Waals surface area contributed by atoms with Gasteiger partial charge in [-0.3, -0.25) is 9.69 Å². The maximum Gasteiger partial charge on any atom is 0.416 e. The zero-order valence-corrected chi connectivity index (χ0v) is 16.7. The van der Waals surface area contributed by atoms with Gasteiger partial charge < -0.3 is 10.2 Å². The van der Waals surface area contributed by atoms with Crippen molar-refractivity contribution in [3.63, 3.8) is 0 Å². The predicted octanol–water partition coefficient (Wildman–Crippen LogP) is 4.11. The van der Waals surface area contributed by atoms with Crippen LogP contribution >= 0.6 is 11.8 Å². The zero-order chi connectivity index (χ0) is 20.4. The first-order chi connectivity index (χ1) is 13.9. The second-order valence-electron chi connectivity index (χ2n) is 7.26. The van der Waals surface area contributed by atoms with Gasteiger partial charge in [-0.2, -0.15) is 13.2 Å². The molecule has 0 bridgehead atoms. The van der Waals surface area contributed by atoms with Crippen LogP contribution in [0.5, 0.6) is 0 Å². The van der Waals surface area contributed by atoms with Gasteiger partial charge in [0.05, 0.1) is 17.0 Å². The van der Waals surface area contributed by atoms with E-state index in [0.717, 1.165) is 42.7 Å². The number of rotatable bonds is 4. The third-order valence-electron chi connectivity index (χ3n) is 5.33. The smallest absolute Gasteiger partial charge is 0.369 e. The largest absolute Gasteiger partial charge is 0.416 e. The van der Waals surface area contributed by atoms with E-state index >= 15 is 0 Å². The van der Waals surface area contributed by atoms with Gasteiger partial charge in [0, 0.05) is 43.3 Å². The van der Waals surface area contributed by atoms with Gasteiger partial charge in [0.1, 0.15) is 0 Å². The standard InChI is InChI=1S/C21H22F3N3OS/c22-21(23,24)16-4-2-5-17(13-16)27-11-9-26(10-12-27)8-7-15-3-1-6-18-20(15)29-14-19(28)25-18/h1-6,13H,7-12,14H2,(H,25,28). The molecule has 1 N–H and O–H groups in total. The Morgan fingerprint density at radius 1 is 1.03 bits per heavy atom. The molecule has 29 heavy (non-hydrogen) atoms. The van der Waals surface area contributed by atoms with Gasteiger partial charge in [0.15, 0.2) is 0 Å². The van der Waals surface area contributed by atoms with Crippen molar-refractivity contribution in [2.75, 3.05) is 48.7 Å². The van der Waals surface area contributed by atoms with Crippen LogP contribution in [0.25, 0.3) is 0 Å². The highest BCUT2D eigenvalue weighted by Crippen LogP contribution is 2.35. The lowest BCUT2D eigenvalue weighted by atomic mass is 10.1. The van der Waals surface area contributed by atoms with E-state index in [4.69, 9.17) is 0 Å². The molecule has 0 aliphatic carbocycles. The summed E-state index contributed by atoms with van der Waals surface area (Å²) in [5.74, 6) is 0.477. The van der Waals surface area contributed by atoms with Crippen LogP contribution in [0.1, 0.15) is 11.1 Å². The topological polar surface area (TPSA) is 35.6 Å². The maximum absolute atomic E-state index is 12.9. The summed E-state index contributed by atoms with van der Waals surface area (Å²) in [5, 5.41) is 2.92. The number of fused-ring (bicyclic) bond motifs is 1. The fourth-order valence-electron chi connectivity index (χ4n) is 3.76. The lowest BCUT2D eigenvalue weighted by Crippen LogP contribution is -2.47. The summed E-state index contributed by atoms with van der Waals surface area (Å²) < 4.78 is 38.8. The van der Waals surface area contributed by atoms with E-state index in [1.54, 1.807) is 17.8 Å². The molecule has 0 atom stereocenters. The third kappa shape index (κ3) is 4.70. The van der Waals surface area contributed by atoms with Crippen molar-refractivity contribution in [1.29, 1.82) is 0 Å². The van der Waals surface area contributed by atoms with Crippen molar-refractivity contribution >= 4 is 29.0 Å². The number of hydrogen-bond acceptors (Lipinski definition) is 4. The summed E-state index contributed by atoms with van der Waals surface area (Å²) in [7, 11) is 0. The third-order valence-corrected chi connectivity index (χ3v) is 6.50. The summed E-state index contributed by atoms with van der Waals surface area (Å²) in [4.78, 5) is 17.1. The van der Waals surface area contributed by atoms with Crippen LogP contribution in [-0.4, -0.2) is 49.3 Å². The number of nitrogens with zero attached hydrogens (tertiary/aromatic N) is 2. The van der Waals surface area contributed by atoms with Gasteiger partial charge in [-0.25, -0.2) is 0 Å². The van der Waals surface area contributed by atoms with Gasteiger partial charge in [0.2, 0.25) is 5.91 Å². The number of alkyl halides is 3. The van der Waals surface area contributed by atoms with E-state index in [0.29, 0.717) is 24.5 Å². The van der Waals surface area contributed by atoms with Crippen LogP contribution in [0.3, 0.4) is 0 Å². The van der Waals surface area contributed by atoms with E-state index in [1.807, 2.05) is 17.0 Å². The second-order valence-corrected chi connectivity index (χ2v) is 8.24. The molecule has 1 fully saturated rings. The van der Waals surface area contributed by atoms with Crippen molar-refractivity contribution in [1.82, 2.24) is 4.90 Å². The van der Waals surface area contributed by atoms with E-state index < -0.39 is 11.7 Å². The number of anilines is 2. The van der Waals surface area contributed by atoms with Crippen molar-refractivity contribution in [2.45, 2.75) is 17.5 Å². The summed E-state index contributed by atoms with van der Waals surface area (Å²) in [6.45, 7) is 3.93. The SMILES string of the molecule is O=C1CSc2c(CCN3CCN(c4cccc(C(F)(F)F)c4)CC3)cccc2N1. The first-order valence-corrected chi connectivity index (χ1v) is 10.6. The molecule has 0 saturated carbocycles. The van der Waals surface area contributed by atoms with Crippen molar-refractivity contribution in [3.8, 4) is 0 Å². The lowest BCUT2D eigenvalue weighted by molar-refractivity contribution is -0.137. The van der Waals surface area contributed by atoms with Crippen molar-refractivity contribution in [2.24, 2.45) is 0 Å².